The third kappa shape index (κ3) is 3.71. The van der Waals surface area contributed by atoms with Crippen LogP contribution in [0.2, 0.25) is 0 Å². The van der Waals surface area contributed by atoms with Crippen LogP contribution in [0.5, 0.6) is 0 Å². The fraction of sp³-hybridized carbons (Fsp3) is 0.692. The Morgan fingerprint density at radius 2 is 2.27 bits per heavy atom. The molecule has 0 atom stereocenters. The minimum Gasteiger partial charge on any atom is -0.354 e. The Morgan fingerprint density at radius 3 is 3.00 bits per heavy atom. The van der Waals surface area contributed by atoms with E-state index >= 15 is 0 Å². The fourth-order valence-electron chi connectivity index (χ4n) is 1.83. The Kier molecular flexibility index (Phi) is 3.84. The molecule has 0 aliphatic heterocycles. The predicted octanol–water partition coefficient (Wildman–Crippen LogP) is 2.93. The summed E-state index contributed by atoms with van der Waals surface area (Å²) in [4.78, 5) is 0. The summed E-state index contributed by atoms with van der Waals surface area (Å²) in [5.41, 5.74) is 1.43. The first kappa shape index (κ1) is 10.7. The molecular formula is C13H22N2. The second-order valence-electron chi connectivity index (χ2n) is 4.62. The van der Waals surface area contributed by atoms with Gasteiger partial charge in [0, 0.05) is 31.5 Å². The summed E-state index contributed by atoms with van der Waals surface area (Å²) in [6.07, 6.45) is 11.2. The largest absolute Gasteiger partial charge is 0.354 e. The molecule has 1 aliphatic carbocycles. The van der Waals surface area contributed by atoms with Crippen LogP contribution in [0.4, 0.5) is 0 Å². The third-order valence-corrected chi connectivity index (χ3v) is 3.00. The maximum Gasteiger partial charge on any atom is 0.0223 e. The summed E-state index contributed by atoms with van der Waals surface area (Å²) in [7, 11) is 0. The smallest absolute Gasteiger partial charge is 0.0223 e. The molecule has 1 fully saturated rings. The molecule has 2 rings (SSSR count). The molecule has 0 saturated heterocycles. The van der Waals surface area contributed by atoms with Gasteiger partial charge >= 0.3 is 0 Å². The summed E-state index contributed by atoms with van der Waals surface area (Å²) in [5, 5.41) is 3.54. The number of hydrogen-bond donors (Lipinski definition) is 1. The lowest BCUT2D eigenvalue weighted by Crippen LogP contribution is -2.14. The van der Waals surface area contributed by atoms with Crippen molar-refractivity contribution in [1.82, 2.24) is 9.88 Å². The number of nitrogens with zero attached hydrogens (tertiary/aromatic N) is 1. The number of rotatable bonds is 7. The lowest BCUT2D eigenvalue weighted by molar-refractivity contribution is 0.602. The first-order valence-electron chi connectivity index (χ1n) is 6.26. The third-order valence-electron chi connectivity index (χ3n) is 3.00. The van der Waals surface area contributed by atoms with E-state index in [9.17, 15) is 0 Å². The van der Waals surface area contributed by atoms with Gasteiger partial charge in [-0.1, -0.05) is 19.8 Å². The van der Waals surface area contributed by atoms with Gasteiger partial charge in [0.1, 0.15) is 0 Å². The van der Waals surface area contributed by atoms with E-state index in [0.29, 0.717) is 0 Å². The van der Waals surface area contributed by atoms with E-state index in [-0.39, 0.29) is 0 Å². The van der Waals surface area contributed by atoms with Gasteiger partial charge in [0.05, 0.1) is 0 Å². The van der Waals surface area contributed by atoms with Gasteiger partial charge in [-0.3, -0.25) is 0 Å². The van der Waals surface area contributed by atoms with Crippen LogP contribution < -0.4 is 5.32 Å². The topological polar surface area (TPSA) is 17.0 Å². The normalized spacial score (nSPS) is 15.8. The summed E-state index contributed by atoms with van der Waals surface area (Å²) in [5.74, 6) is 0. The monoisotopic (exact) mass is 206 g/mol. The van der Waals surface area contributed by atoms with E-state index < -0.39 is 0 Å². The van der Waals surface area contributed by atoms with Crippen LogP contribution in [0, 0.1) is 0 Å². The Morgan fingerprint density at radius 1 is 1.40 bits per heavy atom. The summed E-state index contributed by atoms with van der Waals surface area (Å²) < 4.78 is 2.32. The van der Waals surface area contributed by atoms with Gasteiger partial charge in [-0.2, -0.15) is 0 Å². The number of unbranched alkanes of at least 4 members (excludes halogenated alkanes) is 2. The van der Waals surface area contributed by atoms with Crippen molar-refractivity contribution in [3.8, 4) is 0 Å². The van der Waals surface area contributed by atoms with Crippen molar-refractivity contribution in [3.63, 3.8) is 0 Å². The van der Waals surface area contributed by atoms with Crippen LogP contribution >= 0.6 is 0 Å². The van der Waals surface area contributed by atoms with E-state index in [1.807, 2.05) is 0 Å². The molecule has 15 heavy (non-hydrogen) atoms. The van der Waals surface area contributed by atoms with Crippen molar-refractivity contribution in [3.05, 3.63) is 24.0 Å². The zero-order chi connectivity index (χ0) is 10.5. The van der Waals surface area contributed by atoms with Crippen molar-refractivity contribution in [1.29, 1.82) is 0 Å². The minimum atomic E-state index is 0.813. The highest BCUT2D eigenvalue weighted by molar-refractivity contribution is 5.10. The minimum absolute atomic E-state index is 0.813. The molecule has 0 radical (unpaired) electrons. The highest BCUT2D eigenvalue weighted by atomic mass is 15.0. The van der Waals surface area contributed by atoms with Crippen LogP contribution in [-0.4, -0.2) is 10.6 Å². The summed E-state index contributed by atoms with van der Waals surface area (Å²) >= 11 is 0. The van der Waals surface area contributed by atoms with Crippen LogP contribution in [0.15, 0.2) is 18.5 Å². The molecule has 1 heterocycles. The average molecular weight is 206 g/mol. The zero-order valence-corrected chi connectivity index (χ0v) is 9.71. The second kappa shape index (κ2) is 5.36. The molecule has 0 amide bonds. The van der Waals surface area contributed by atoms with E-state index in [4.69, 9.17) is 0 Å². The molecule has 0 spiro atoms. The van der Waals surface area contributed by atoms with Gasteiger partial charge in [-0.05, 0) is 30.9 Å². The maximum absolute atomic E-state index is 3.54. The fourth-order valence-corrected chi connectivity index (χ4v) is 1.83. The first-order chi connectivity index (χ1) is 7.38. The molecule has 1 saturated carbocycles. The van der Waals surface area contributed by atoms with Gasteiger partial charge in [-0.15, -0.1) is 0 Å². The highest BCUT2D eigenvalue weighted by Crippen LogP contribution is 2.19. The lowest BCUT2D eigenvalue weighted by Gasteiger charge is -2.01. The first-order valence-corrected chi connectivity index (χ1v) is 6.26. The van der Waals surface area contributed by atoms with E-state index in [0.717, 1.165) is 12.6 Å². The van der Waals surface area contributed by atoms with Crippen molar-refractivity contribution < 1.29 is 0 Å². The Hall–Kier alpha value is -0.760. The zero-order valence-electron chi connectivity index (χ0n) is 9.71. The Bertz CT molecular complexity index is 286. The highest BCUT2D eigenvalue weighted by Gasteiger charge is 2.19. The van der Waals surface area contributed by atoms with Crippen LogP contribution in [0.25, 0.3) is 0 Å². The molecule has 2 heteroatoms. The quantitative estimate of drug-likeness (QED) is 0.679. The van der Waals surface area contributed by atoms with Gasteiger partial charge in [0.15, 0.2) is 0 Å². The van der Waals surface area contributed by atoms with Crippen LogP contribution in [-0.2, 0) is 13.1 Å². The van der Waals surface area contributed by atoms with Gasteiger partial charge < -0.3 is 9.88 Å². The lowest BCUT2D eigenvalue weighted by atomic mass is 10.2. The van der Waals surface area contributed by atoms with E-state index in [1.54, 1.807) is 0 Å². The van der Waals surface area contributed by atoms with E-state index in [1.165, 1.54) is 44.2 Å². The molecular weight excluding hydrogens is 184 g/mol. The summed E-state index contributed by atoms with van der Waals surface area (Å²) in [6, 6.07) is 3.05. The van der Waals surface area contributed by atoms with Gasteiger partial charge in [0.25, 0.3) is 0 Å². The number of nitrogens with one attached hydrogen (secondary N) is 1. The molecule has 84 valence electrons. The Labute approximate surface area is 92.7 Å². The average Bonchev–Trinajstić information content (AvgIpc) is 2.97. The number of aryl methyl sites for hydroxylation is 1. The summed E-state index contributed by atoms with van der Waals surface area (Å²) in [6.45, 7) is 4.48. The molecule has 1 aromatic heterocycles. The molecule has 2 nitrogen and oxygen atoms in total. The predicted molar refractivity (Wildman–Crippen MR) is 63.8 cm³/mol. The van der Waals surface area contributed by atoms with Crippen molar-refractivity contribution in [2.75, 3.05) is 0 Å². The van der Waals surface area contributed by atoms with Crippen molar-refractivity contribution >= 4 is 0 Å². The standard InChI is InChI=1S/C13H22N2/c1-2-3-4-8-15-9-7-12(11-15)10-14-13-5-6-13/h7,9,11,13-14H,2-6,8,10H2,1H3. The maximum atomic E-state index is 3.54. The van der Waals surface area contributed by atoms with Gasteiger partial charge in [0.2, 0.25) is 0 Å². The molecule has 1 aliphatic rings. The SMILES string of the molecule is CCCCCn1ccc(CNC2CC2)c1. The van der Waals surface area contributed by atoms with Crippen LogP contribution in [0.3, 0.4) is 0 Å². The van der Waals surface area contributed by atoms with Crippen molar-refractivity contribution in [2.24, 2.45) is 0 Å². The molecule has 0 bridgehead atoms. The van der Waals surface area contributed by atoms with Gasteiger partial charge in [-0.25, -0.2) is 0 Å². The van der Waals surface area contributed by atoms with E-state index in [2.05, 4.69) is 35.3 Å². The second-order valence-corrected chi connectivity index (χ2v) is 4.62. The van der Waals surface area contributed by atoms with Crippen LogP contribution in [0.1, 0.15) is 44.6 Å². The Balaban J connectivity index is 1.70. The molecule has 1 N–H and O–H groups in total. The molecule has 0 unspecified atom stereocenters. The van der Waals surface area contributed by atoms with Crippen molar-refractivity contribution in [2.45, 2.75) is 58.2 Å². The number of hydrogen-bond acceptors (Lipinski definition) is 1. The molecule has 1 aromatic rings. The number of aromatic nitrogens is 1. The molecule has 0 aromatic carbocycles.